The lowest BCUT2D eigenvalue weighted by atomic mass is 10.1. The molecule has 0 radical (unpaired) electrons. The molecule has 0 aliphatic carbocycles. The van der Waals surface area contributed by atoms with Crippen LogP contribution in [-0.4, -0.2) is 16.6 Å². The number of hydrogen-bond donors (Lipinski definition) is 1. The largest absolute Gasteiger partial charge is 0.494 e. The van der Waals surface area contributed by atoms with Crippen LogP contribution in [0.5, 0.6) is 5.75 Å². The smallest absolute Gasteiger partial charge is 0.449 e. The minimum atomic E-state index is -4.70. The highest BCUT2D eigenvalue weighted by Crippen LogP contribution is 2.27. The van der Waals surface area contributed by atoms with Gasteiger partial charge in [-0.25, -0.2) is 4.98 Å². The second-order valence-corrected chi connectivity index (χ2v) is 3.94. The van der Waals surface area contributed by atoms with E-state index in [1.807, 2.05) is 0 Å². The van der Waals surface area contributed by atoms with E-state index in [1.165, 1.54) is 6.07 Å². The Bertz CT molecular complexity index is 665. The number of ether oxygens (including phenoxy) is 1. The molecule has 0 fully saturated rings. The number of alkyl halides is 3. The zero-order chi connectivity index (χ0) is 14.8. The Morgan fingerprint density at radius 3 is 2.70 bits per heavy atom. The normalized spacial score (nSPS) is 11.4. The first-order valence-electron chi connectivity index (χ1n) is 5.82. The quantitative estimate of drug-likeness (QED) is 0.943. The molecule has 0 spiro atoms. The number of H-pyrrole nitrogens is 1. The molecule has 1 heterocycles. The summed E-state index contributed by atoms with van der Waals surface area (Å²) in [6.45, 7) is 2.22. The van der Waals surface area contributed by atoms with Gasteiger partial charge in [0.25, 0.3) is 5.56 Å². The summed E-state index contributed by atoms with van der Waals surface area (Å²) in [4.78, 5) is 16.4. The molecule has 7 heteroatoms. The molecule has 20 heavy (non-hydrogen) atoms. The predicted octanol–water partition coefficient (Wildman–Crippen LogP) is 2.85. The number of rotatable bonds is 3. The molecule has 4 nitrogen and oxygen atoms in total. The van der Waals surface area contributed by atoms with E-state index in [0.717, 1.165) is 6.07 Å². The summed E-state index contributed by atoms with van der Waals surface area (Å²) < 4.78 is 43.1. The van der Waals surface area contributed by atoms with Crippen molar-refractivity contribution in [1.29, 1.82) is 0 Å². The second-order valence-electron chi connectivity index (χ2n) is 3.94. The molecule has 0 saturated carbocycles. The number of nitrogens with one attached hydrogen (secondary N) is 1. The molecule has 0 saturated heterocycles. The Kier molecular flexibility index (Phi) is 3.78. The van der Waals surface area contributed by atoms with E-state index < -0.39 is 17.6 Å². The number of nitrogens with zero attached hydrogens (tertiary/aromatic N) is 1. The minimum Gasteiger partial charge on any atom is -0.494 e. The van der Waals surface area contributed by atoms with Crippen LogP contribution in [0.15, 0.2) is 35.1 Å². The molecule has 2 rings (SSSR count). The van der Waals surface area contributed by atoms with Crippen molar-refractivity contribution >= 4 is 0 Å². The van der Waals surface area contributed by atoms with Crippen molar-refractivity contribution in [2.45, 2.75) is 13.1 Å². The lowest BCUT2D eigenvalue weighted by Gasteiger charge is -2.08. The molecule has 0 bridgehead atoms. The molecule has 0 amide bonds. The number of aromatic nitrogens is 2. The zero-order valence-electron chi connectivity index (χ0n) is 10.5. The number of halogens is 3. The van der Waals surface area contributed by atoms with E-state index in [0.29, 0.717) is 17.9 Å². The van der Waals surface area contributed by atoms with Crippen molar-refractivity contribution in [2.75, 3.05) is 6.61 Å². The van der Waals surface area contributed by atoms with Crippen LogP contribution in [0.25, 0.3) is 11.3 Å². The van der Waals surface area contributed by atoms with Crippen LogP contribution in [0.3, 0.4) is 0 Å². The fraction of sp³-hybridized carbons (Fsp3) is 0.231. The van der Waals surface area contributed by atoms with Gasteiger partial charge in [0.2, 0.25) is 5.82 Å². The Morgan fingerprint density at radius 1 is 1.30 bits per heavy atom. The van der Waals surface area contributed by atoms with Gasteiger partial charge < -0.3 is 9.72 Å². The molecule has 106 valence electrons. The first kappa shape index (κ1) is 14.1. The van der Waals surface area contributed by atoms with Crippen molar-refractivity contribution in [1.82, 2.24) is 9.97 Å². The minimum absolute atomic E-state index is 0.0531. The van der Waals surface area contributed by atoms with Crippen molar-refractivity contribution in [2.24, 2.45) is 0 Å². The maximum Gasteiger partial charge on any atom is 0.449 e. The standard InChI is InChI=1S/C13H11F3N2O2/c1-2-20-9-5-3-4-8(6-9)10-7-11(19)18-12(17-10)13(14,15)16/h3-7H,2H2,1H3,(H,17,18,19). The van der Waals surface area contributed by atoms with Gasteiger partial charge >= 0.3 is 6.18 Å². The Hall–Kier alpha value is -2.31. The van der Waals surface area contributed by atoms with Crippen LogP contribution in [0.2, 0.25) is 0 Å². The van der Waals surface area contributed by atoms with E-state index in [9.17, 15) is 18.0 Å². The number of benzene rings is 1. The molecule has 0 atom stereocenters. The Labute approximate surface area is 112 Å². The Morgan fingerprint density at radius 2 is 2.05 bits per heavy atom. The SMILES string of the molecule is CCOc1cccc(-c2cc(=O)[nH]c(C(F)(F)F)n2)c1. The first-order valence-corrected chi connectivity index (χ1v) is 5.82. The summed E-state index contributed by atoms with van der Waals surface area (Å²) in [5.74, 6) is -0.817. The van der Waals surface area contributed by atoms with Crippen LogP contribution < -0.4 is 10.3 Å². The topological polar surface area (TPSA) is 55.0 Å². The van der Waals surface area contributed by atoms with Crippen LogP contribution in [0, 0.1) is 0 Å². The zero-order valence-corrected chi connectivity index (χ0v) is 10.5. The molecule has 1 N–H and O–H groups in total. The van der Waals surface area contributed by atoms with Gasteiger partial charge in [-0.05, 0) is 19.1 Å². The van der Waals surface area contributed by atoms with Crippen molar-refractivity contribution < 1.29 is 17.9 Å². The van der Waals surface area contributed by atoms with Crippen molar-refractivity contribution in [3.05, 3.63) is 46.5 Å². The fourth-order valence-corrected chi connectivity index (χ4v) is 1.65. The summed E-state index contributed by atoms with van der Waals surface area (Å²) in [5, 5.41) is 0. The van der Waals surface area contributed by atoms with E-state index in [1.54, 1.807) is 30.1 Å². The third-order valence-electron chi connectivity index (χ3n) is 2.45. The number of hydrogen-bond acceptors (Lipinski definition) is 3. The van der Waals surface area contributed by atoms with Crippen molar-refractivity contribution in [3.8, 4) is 17.0 Å². The van der Waals surface area contributed by atoms with Crippen LogP contribution in [0.4, 0.5) is 13.2 Å². The predicted molar refractivity (Wildman–Crippen MR) is 66.5 cm³/mol. The van der Waals surface area contributed by atoms with E-state index >= 15 is 0 Å². The van der Waals surface area contributed by atoms with Crippen LogP contribution in [-0.2, 0) is 6.18 Å². The highest BCUT2D eigenvalue weighted by atomic mass is 19.4. The molecular formula is C13H11F3N2O2. The summed E-state index contributed by atoms with van der Waals surface area (Å²) in [7, 11) is 0. The van der Waals surface area contributed by atoms with Crippen molar-refractivity contribution in [3.63, 3.8) is 0 Å². The maximum absolute atomic E-state index is 12.6. The lowest BCUT2D eigenvalue weighted by molar-refractivity contribution is -0.145. The molecule has 1 aromatic heterocycles. The molecule has 0 aliphatic rings. The van der Waals surface area contributed by atoms with Gasteiger partial charge in [-0.3, -0.25) is 4.79 Å². The number of aromatic amines is 1. The third kappa shape index (κ3) is 3.17. The Balaban J connectivity index is 2.50. The molecule has 2 aromatic rings. The van der Waals surface area contributed by atoms with Crippen LogP contribution >= 0.6 is 0 Å². The summed E-state index contributed by atoms with van der Waals surface area (Å²) >= 11 is 0. The van der Waals surface area contributed by atoms with Gasteiger partial charge in [0, 0.05) is 11.6 Å². The monoisotopic (exact) mass is 284 g/mol. The lowest BCUT2D eigenvalue weighted by Crippen LogP contribution is -2.18. The average Bonchev–Trinajstić information content (AvgIpc) is 2.38. The van der Waals surface area contributed by atoms with E-state index in [4.69, 9.17) is 4.74 Å². The molecule has 1 aromatic carbocycles. The first-order chi connectivity index (χ1) is 9.40. The second kappa shape index (κ2) is 5.36. The third-order valence-corrected chi connectivity index (χ3v) is 2.45. The summed E-state index contributed by atoms with van der Waals surface area (Å²) in [6.07, 6.45) is -4.70. The average molecular weight is 284 g/mol. The van der Waals surface area contributed by atoms with Gasteiger partial charge in [-0.2, -0.15) is 13.2 Å². The molecule has 0 aliphatic heterocycles. The highest BCUT2D eigenvalue weighted by molar-refractivity contribution is 5.60. The summed E-state index contributed by atoms with van der Waals surface area (Å²) in [5.41, 5.74) is -0.528. The van der Waals surface area contributed by atoms with Crippen LogP contribution in [0.1, 0.15) is 12.7 Å². The summed E-state index contributed by atoms with van der Waals surface area (Å²) in [6, 6.07) is 7.40. The van der Waals surface area contributed by atoms with Gasteiger partial charge in [0.05, 0.1) is 12.3 Å². The molecule has 0 unspecified atom stereocenters. The van der Waals surface area contributed by atoms with Gasteiger partial charge in [-0.1, -0.05) is 12.1 Å². The van der Waals surface area contributed by atoms with E-state index in [2.05, 4.69) is 4.98 Å². The highest BCUT2D eigenvalue weighted by Gasteiger charge is 2.34. The van der Waals surface area contributed by atoms with Gasteiger partial charge in [0.15, 0.2) is 0 Å². The van der Waals surface area contributed by atoms with Gasteiger partial charge in [-0.15, -0.1) is 0 Å². The maximum atomic E-state index is 12.6. The van der Waals surface area contributed by atoms with E-state index in [-0.39, 0.29) is 5.69 Å². The fourth-order valence-electron chi connectivity index (χ4n) is 1.65. The van der Waals surface area contributed by atoms with Gasteiger partial charge in [0.1, 0.15) is 5.75 Å². The molecular weight excluding hydrogens is 273 g/mol.